The Morgan fingerprint density at radius 3 is 2.35 bits per heavy atom. The van der Waals surface area contributed by atoms with Gasteiger partial charge in [0.25, 0.3) is 0 Å². The lowest BCUT2D eigenvalue weighted by Gasteiger charge is -2.31. The fourth-order valence-electron chi connectivity index (χ4n) is 6.54. The van der Waals surface area contributed by atoms with Gasteiger partial charge in [-0.05, 0) is 98.8 Å². The number of phenols is 1. The molecule has 0 spiro atoms. The Morgan fingerprint density at radius 2 is 1.72 bits per heavy atom. The highest BCUT2D eigenvalue weighted by atomic mass is 16.3. The van der Waals surface area contributed by atoms with Gasteiger partial charge < -0.3 is 26.1 Å². The molecule has 0 saturated carbocycles. The van der Waals surface area contributed by atoms with Crippen LogP contribution in [0.4, 0.5) is 5.69 Å². The van der Waals surface area contributed by atoms with E-state index in [9.17, 15) is 34.5 Å². The van der Waals surface area contributed by atoms with Crippen LogP contribution in [0.1, 0.15) is 70.6 Å². The van der Waals surface area contributed by atoms with E-state index in [1.807, 2.05) is 24.3 Å². The lowest BCUT2D eigenvalue weighted by molar-refractivity contribution is -0.131. The number of Topliss-reactive ketones (excluding diaryl/α,β-unsaturated/α-hetero) is 3. The number of rotatable bonds is 13. The van der Waals surface area contributed by atoms with Crippen LogP contribution in [0, 0.1) is 17.8 Å². The molecule has 1 aliphatic heterocycles. The molecule has 2 aromatic rings. The summed E-state index contributed by atoms with van der Waals surface area (Å²) in [7, 11) is 0. The normalized spacial score (nSPS) is 18.2. The second-order valence-corrected chi connectivity index (χ2v) is 11.8. The zero-order valence-electron chi connectivity index (χ0n) is 24.8. The fourth-order valence-corrected chi connectivity index (χ4v) is 6.54. The number of aliphatic hydroxyl groups excluding tert-OH is 2. The van der Waals surface area contributed by atoms with E-state index in [0.29, 0.717) is 30.6 Å². The van der Waals surface area contributed by atoms with E-state index >= 15 is 0 Å². The van der Waals surface area contributed by atoms with Crippen LogP contribution in [-0.2, 0) is 20.8 Å². The van der Waals surface area contributed by atoms with Gasteiger partial charge in [-0.25, -0.2) is 0 Å². The number of anilines is 1. The average molecular weight is 601 g/mol. The molecule has 6 N–H and O–H groups in total. The molecule has 238 valence electrons. The van der Waals surface area contributed by atoms with Crippen LogP contribution in [0.25, 0.3) is 11.1 Å². The van der Waals surface area contributed by atoms with Crippen LogP contribution in [0.15, 0.2) is 36.4 Å². The monoisotopic (exact) mass is 600 g/mol. The van der Waals surface area contributed by atoms with Gasteiger partial charge in [0.1, 0.15) is 17.3 Å². The molecule has 0 bridgehead atoms. The highest BCUT2D eigenvalue weighted by Crippen LogP contribution is 2.41. The molecular weight excluding hydrogens is 552 g/mol. The van der Waals surface area contributed by atoms with Crippen molar-refractivity contribution >= 4 is 28.9 Å². The number of nitrogens with zero attached hydrogens (tertiary/aromatic N) is 1. The summed E-state index contributed by atoms with van der Waals surface area (Å²) in [4.78, 5) is 52.2. The van der Waals surface area contributed by atoms with E-state index in [2.05, 4.69) is 10.2 Å². The molecule has 2 aliphatic rings. The van der Waals surface area contributed by atoms with Crippen LogP contribution in [0.5, 0.6) is 5.75 Å². The minimum atomic E-state index is -0.793. The predicted octanol–water partition coefficient (Wildman–Crippen LogP) is 3.44. The van der Waals surface area contributed by atoms with Gasteiger partial charge in [0.15, 0.2) is 5.78 Å². The maximum atomic E-state index is 13.3. The number of carbonyl (C=O) groups excluding carboxylic acids is 4. The van der Waals surface area contributed by atoms with Crippen LogP contribution < -0.4 is 5.32 Å². The molecular formula is C33H48N2O8. The van der Waals surface area contributed by atoms with E-state index in [1.54, 1.807) is 6.07 Å². The molecule has 3 atom stereocenters. The zero-order valence-corrected chi connectivity index (χ0v) is 24.8. The molecule has 43 heavy (non-hydrogen) atoms. The lowest BCUT2D eigenvalue weighted by atomic mass is 9.72. The first-order chi connectivity index (χ1) is 20.2. The van der Waals surface area contributed by atoms with Gasteiger partial charge in [0, 0.05) is 27.5 Å². The number of hydrogen-bond donors (Lipinski definition) is 4. The van der Waals surface area contributed by atoms with Gasteiger partial charge in [0.05, 0.1) is 25.1 Å². The van der Waals surface area contributed by atoms with Crippen molar-refractivity contribution in [2.45, 2.75) is 58.3 Å². The van der Waals surface area contributed by atoms with Crippen molar-refractivity contribution < 1.29 is 42.8 Å². The number of fused-ring (bicyclic) bond motifs is 1. The van der Waals surface area contributed by atoms with Gasteiger partial charge >= 0.3 is 0 Å². The number of hydrogen-bond acceptors (Lipinski definition) is 8. The predicted molar refractivity (Wildman–Crippen MR) is 167 cm³/mol. The van der Waals surface area contributed by atoms with E-state index < -0.39 is 12.5 Å². The molecule has 4 rings (SSSR count). The number of nitrogens with one attached hydrogen (secondary N) is 1. The van der Waals surface area contributed by atoms with Gasteiger partial charge in [-0.2, -0.15) is 0 Å². The van der Waals surface area contributed by atoms with Crippen LogP contribution >= 0.6 is 0 Å². The van der Waals surface area contributed by atoms with Crippen molar-refractivity contribution in [1.82, 2.24) is 4.90 Å². The van der Waals surface area contributed by atoms with Crippen molar-refractivity contribution in [3.8, 4) is 16.9 Å². The van der Waals surface area contributed by atoms with Crippen molar-refractivity contribution in [3.63, 3.8) is 0 Å². The number of aliphatic hydroxyl groups is 2. The molecule has 0 aromatic heterocycles. The Bertz CT molecular complexity index is 1300. The van der Waals surface area contributed by atoms with E-state index in [-0.39, 0.29) is 75.0 Å². The third kappa shape index (κ3) is 8.79. The number of carbonyl (C=O) groups is 4. The zero-order chi connectivity index (χ0) is 30.2. The van der Waals surface area contributed by atoms with E-state index in [4.69, 9.17) is 0 Å². The molecule has 0 radical (unpaired) electrons. The fraction of sp³-hybridized carbons (Fsp3) is 0.515. The summed E-state index contributed by atoms with van der Waals surface area (Å²) in [6.07, 6.45) is 4.50. The topological polar surface area (TPSA) is 176 Å². The molecule has 3 unspecified atom stereocenters. The number of phenolic OH excluding ortho intramolecular Hbond substituents is 1. The second-order valence-electron chi connectivity index (χ2n) is 11.8. The van der Waals surface area contributed by atoms with Crippen molar-refractivity contribution in [2.24, 2.45) is 17.8 Å². The number of ketones is 3. The van der Waals surface area contributed by atoms with Crippen LogP contribution in [0.2, 0.25) is 0 Å². The molecule has 1 heterocycles. The molecule has 1 amide bonds. The third-order valence-electron chi connectivity index (χ3n) is 8.57. The number of piperidine rings is 1. The molecule has 1 saturated heterocycles. The van der Waals surface area contributed by atoms with E-state index in [1.165, 1.54) is 19.4 Å². The second kappa shape index (κ2) is 15.9. The summed E-state index contributed by atoms with van der Waals surface area (Å²) >= 11 is 0. The van der Waals surface area contributed by atoms with Crippen molar-refractivity contribution in [1.29, 1.82) is 0 Å². The Labute approximate surface area is 255 Å². The summed E-state index contributed by atoms with van der Waals surface area (Å²) in [5.41, 5.74) is 3.34. The highest BCUT2D eigenvalue weighted by Gasteiger charge is 2.35. The summed E-state index contributed by atoms with van der Waals surface area (Å²) in [5, 5.41) is 33.2. The van der Waals surface area contributed by atoms with Gasteiger partial charge in [-0.3, -0.25) is 24.1 Å². The first kappa shape index (κ1) is 34.1. The highest BCUT2D eigenvalue weighted by molar-refractivity contribution is 6.03. The third-order valence-corrected chi connectivity index (χ3v) is 8.57. The molecule has 2 aromatic carbocycles. The molecule has 1 fully saturated rings. The number of aromatic hydroxyl groups is 1. The van der Waals surface area contributed by atoms with Crippen molar-refractivity contribution in [2.75, 3.05) is 38.2 Å². The van der Waals surface area contributed by atoms with Gasteiger partial charge in [-0.1, -0.05) is 24.6 Å². The summed E-state index contributed by atoms with van der Waals surface area (Å²) < 4.78 is 0. The quantitative estimate of drug-likeness (QED) is 0.253. The number of amides is 1. The number of benzene rings is 2. The summed E-state index contributed by atoms with van der Waals surface area (Å²) in [6, 6.07) is 10.7. The first-order valence-corrected chi connectivity index (χ1v) is 14.9. The standard InChI is InChI=1S/C33H42N2O7.H2O.2H2/c1-21(38)15-30(40)28(20-37)24(11-14-36)16-22-17-27-26(9-10-29(39)33(27)31(41)18-22)23-5-7-25(8-6-23)34-32(42)19-35-12-3-2-4-13-35;;;/h5-10,22,24,28,36-37,39H,2-4,11-20H2,1H3,(H,34,42);1H2;2*1H. The Hall–Kier alpha value is -3.44. The maximum Gasteiger partial charge on any atom is 0.238 e. The molecule has 10 heteroatoms. The average Bonchev–Trinajstić information content (AvgIpc) is 2.94. The maximum absolute atomic E-state index is 13.3. The van der Waals surface area contributed by atoms with Crippen LogP contribution in [0.3, 0.4) is 0 Å². The Kier molecular flexibility index (Phi) is 12.6. The van der Waals surface area contributed by atoms with Crippen molar-refractivity contribution in [3.05, 3.63) is 47.5 Å². The SMILES string of the molecule is CC(=O)CC(=O)C(CO)C(CCO)CC1CC(=O)c2c(O)ccc(-c3ccc(NC(=O)CN4CCCCC4)cc3)c2C1.O.[HH].[HH]. The minimum absolute atomic E-state index is 0. The summed E-state index contributed by atoms with van der Waals surface area (Å²) in [5.74, 6) is -2.31. The molecule has 10 nitrogen and oxygen atoms in total. The first-order valence-electron chi connectivity index (χ1n) is 14.9. The Balaban J connectivity index is 0.00000337. The van der Waals surface area contributed by atoms with Gasteiger partial charge in [0.2, 0.25) is 5.91 Å². The Morgan fingerprint density at radius 1 is 1.02 bits per heavy atom. The largest absolute Gasteiger partial charge is 0.507 e. The molecule has 1 aliphatic carbocycles. The smallest absolute Gasteiger partial charge is 0.238 e. The van der Waals surface area contributed by atoms with Gasteiger partial charge in [-0.15, -0.1) is 0 Å². The minimum Gasteiger partial charge on any atom is -0.507 e. The van der Waals surface area contributed by atoms with E-state index in [0.717, 1.165) is 42.6 Å². The van der Waals surface area contributed by atoms with Crippen LogP contribution in [-0.4, -0.2) is 81.8 Å². The number of likely N-dealkylation sites (tertiary alicyclic amines) is 1. The summed E-state index contributed by atoms with van der Waals surface area (Å²) in [6.45, 7) is 2.96. The lowest BCUT2D eigenvalue weighted by Crippen LogP contribution is -2.36.